The van der Waals surface area contributed by atoms with Gasteiger partial charge in [-0.1, -0.05) is 0 Å². The van der Waals surface area contributed by atoms with Gasteiger partial charge in [0.05, 0.1) is 18.7 Å². The fourth-order valence-electron chi connectivity index (χ4n) is 2.13. The predicted molar refractivity (Wildman–Crippen MR) is 71.7 cm³/mol. The van der Waals surface area contributed by atoms with E-state index < -0.39 is 21.5 Å². The molecule has 0 spiro atoms. The van der Waals surface area contributed by atoms with Crippen LogP contribution in [0.3, 0.4) is 0 Å². The molecule has 0 aromatic carbocycles. The topological polar surface area (TPSA) is 101 Å². The number of carbonyl (C=O) groups is 1. The monoisotopic (exact) mass is 312 g/mol. The molecule has 1 heterocycles. The first-order valence-corrected chi connectivity index (χ1v) is 7.78. The second kappa shape index (κ2) is 5.16. The highest BCUT2D eigenvalue weighted by Crippen LogP contribution is 2.44. The highest BCUT2D eigenvalue weighted by atomic mass is 32.2. The number of rotatable bonds is 5. The van der Waals surface area contributed by atoms with E-state index in [-0.39, 0.29) is 16.6 Å². The fourth-order valence-corrected chi connectivity index (χ4v) is 3.53. The van der Waals surface area contributed by atoms with Crippen LogP contribution in [0.1, 0.15) is 30.1 Å². The van der Waals surface area contributed by atoms with Gasteiger partial charge in [-0.25, -0.2) is 13.2 Å². The molecule has 114 valence electrons. The van der Waals surface area contributed by atoms with Gasteiger partial charge >= 0.3 is 5.97 Å². The summed E-state index contributed by atoms with van der Waals surface area (Å²) in [6.45, 7) is 1.59. The number of nitriles is 1. The van der Waals surface area contributed by atoms with E-state index >= 15 is 0 Å². The molecule has 1 saturated carbocycles. The predicted octanol–water partition coefficient (Wildman–Crippen LogP) is 1.38. The second-order valence-corrected chi connectivity index (χ2v) is 7.05. The molecule has 1 atom stereocenters. The maximum Gasteiger partial charge on any atom is 0.341 e. The third-order valence-electron chi connectivity index (χ3n) is 3.86. The molecule has 0 amide bonds. The maximum absolute atomic E-state index is 12.5. The van der Waals surface area contributed by atoms with Crippen molar-refractivity contribution in [3.8, 4) is 6.07 Å². The van der Waals surface area contributed by atoms with E-state index in [9.17, 15) is 18.5 Å². The summed E-state index contributed by atoms with van der Waals surface area (Å²) in [5.74, 6) is -0.676. The molecule has 0 radical (unpaired) electrons. The Bertz CT molecular complexity index is 698. The van der Waals surface area contributed by atoms with Crippen molar-refractivity contribution in [2.75, 3.05) is 14.2 Å². The summed E-state index contributed by atoms with van der Waals surface area (Å²) in [6.07, 6.45) is 2.65. The van der Waals surface area contributed by atoms with Gasteiger partial charge in [0.2, 0.25) is 5.09 Å². The molecule has 21 heavy (non-hydrogen) atoms. The molecule has 0 unspecified atom stereocenters. The Morgan fingerprint density at radius 3 is 2.67 bits per heavy atom. The molecule has 7 nitrogen and oxygen atoms in total. The summed E-state index contributed by atoms with van der Waals surface area (Å²) in [4.78, 5) is 11.4. The Morgan fingerprint density at radius 2 is 2.19 bits per heavy atom. The third kappa shape index (κ3) is 2.54. The molecular weight excluding hydrogens is 296 g/mol. The molecule has 0 N–H and O–H groups in total. The van der Waals surface area contributed by atoms with Crippen LogP contribution in [0.2, 0.25) is 0 Å². The van der Waals surface area contributed by atoms with Gasteiger partial charge in [0.15, 0.2) is 0 Å². The lowest BCUT2D eigenvalue weighted by Crippen LogP contribution is -2.47. The van der Waals surface area contributed by atoms with Crippen LogP contribution in [-0.2, 0) is 14.8 Å². The van der Waals surface area contributed by atoms with Gasteiger partial charge < -0.3 is 9.15 Å². The molecule has 8 heteroatoms. The zero-order chi connectivity index (χ0) is 15.8. The minimum atomic E-state index is -4.00. The molecule has 2 rings (SSSR count). The minimum Gasteiger partial charge on any atom is -0.465 e. The van der Waals surface area contributed by atoms with Crippen molar-refractivity contribution in [2.45, 2.75) is 30.4 Å². The summed E-state index contributed by atoms with van der Waals surface area (Å²) in [6, 6.07) is 3.17. The number of esters is 1. The average molecular weight is 312 g/mol. The first-order valence-electron chi connectivity index (χ1n) is 6.34. The van der Waals surface area contributed by atoms with Crippen LogP contribution in [0.15, 0.2) is 21.8 Å². The van der Waals surface area contributed by atoms with Crippen molar-refractivity contribution >= 4 is 16.0 Å². The van der Waals surface area contributed by atoms with E-state index in [1.54, 1.807) is 6.92 Å². The zero-order valence-corrected chi connectivity index (χ0v) is 12.8. The molecule has 1 aromatic rings. The Balaban J connectivity index is 2.35. The van der Waals surface area contributed by atoms with Crippen LogP contribution in [0, 0.1) is 17.2 Å². The van der Waals surface area contributed by atoms with E-state index in [0.717, 1.165) is 29.5 Å². The van der Waals surface area contributed by atoms with Gasteiger partial charge in [-0.15, -0.1) is 0 Å². The molecule has 0 bridgehead atoms. The Morgan fingerprint density at radius 1 is 1.57 bits per heavy atom. The number of hydrogen-bond acceptors (Lipinski definition) is 6. The number of furan rings is 1. The average Bonchev–Trinajstić information content (AvgIpc) is 3.21. The van der Waals surface area contributed by atoms with E-state index in [1.165, 1.54) is 14.2 Å². The number of methoxy groups -OCH3 is 1. The highest BCUT2D eigenvalue weighted by molar-refractivity contribution is 7.89. The number of sulfonamides is 1. The lowest BCUT2D eigenvalue weighted by molar-refractivity contribution is 0.0600. The third-order valence-corrected chi connectivity index (χ3v) is 5.69. The lowest BCUT2D eigenvalue weighted by Gasteiger charge is -2.31. The van der Waals surface area contributed by atoms with E-state index in [1.807, 2.05) is 0 Å². The molecule has 0 saturated heterocycles. The van der Waals surface area contributed by atoms with Crippen molar-refractivity contribution < 1.29 is 22.4 Å². The first kappa shape index (κ1) is 15.5. The van der Waals surface area contributed by atoms with Crippen molar-refractivity contribution in [3.63, 3.8) is 0 Å². The van der Waals surface area contributed by atoms with Crippen molar-refractivity contribution in [2.24, 2.45) is 5.92 Å². The molecule has 1 aliphatic rings. The van der Waals surface area contributed by atoms with Crippen LogP contribution in [-0.4, -0.2) is 38.4 Å². The molecule has 1 aliphatic carbocycles. The summed E-state index contributed by atoms with van der Waals surface area (Å²) >= 11 is 0. The van der Waals surface area contributed by atoms with Crippen LogP contribution < -0.4 is 0 Å². The van der Waals surface area contributed by atoms with Gasteiger partial charge in [0, 0.05) is 13.1 Å². The van der Waals surface area contributed by atoms with E-state index in [4.69, 9.17) is 4.42 Å². The Hall–Kier alpha value is -1.85. The minimum absolute atomic E-state index is 0.00885. The molecule has 1 aromatic heterocycles. The lowest BCUT2D eigenvalue weighted by atomic mass is 9.99. The molecule has 0 aliphatic heterocycles. The van der Waals surface area contributed by atoms with Crippen molar-refractivity contribution in [1.82, 2.24) is 4.31 Å². The maximum atomic E-state index is 12.5. The van der Waals surface area contributed by atoms with Gasteiger partial charge in [-0.3, -0.25) is 0 Å². The Labute approximate surface area is 123 Å². The summed E-state index contributed by atoms with van der Waals surface area (Å²) in [7, 11) is -1.46. The fraction of sp³-hybridized carbons (Fsp3) is 0.538. The Kier molecular flexibility index (Phi) is 3.82. The summed E-state index contributed by atoms with van der Waals surface area (Å²) in [5, 5.41) is 8.97. The normalized spacial score (nSPS) is 18.0. The number of carbonyl (C=O) groups excluding carboxylic acids is 1. The van der Waals surface area contributed by atoms with E-state index in [2.05, 4.69) is 10.8 Å². The summed E-state index contributed by atoms with van der Waals surface area (Å²) < 4.78 is 35.5. The molecule has 1 fully saturated rings. The number of nitrogens with zero attached hydrogens (tertiary/aromatic N) is 2. The van der Waals surface area contributed by atoms with Crippen molar-refractivity contribution in [3.05, 3.63) is 17.9 Å². The standard InChI is InChI=1S/C13H16N2O5S/c1-13(8-14,10-4-5-10)15(2)21(17,18)11-6-9(7-20-11)12(16)19-3/h6-7,10H,4-5H2,1-3H3/t13-/m0/s1. The number of ether oxygens (including phenoxy) is 1. The quantitative estimate of drug-likeness (QED) is 0.761. The second-order valence-electron chi connectivity index (χ2n) is 5.15. The molecular formula is C13H16N2O5S. The van der Waals surface area contributed by atoms with Crippen LogP contribution in [0.4, 0.5) is 0 Å². The largest absolute Gasteiger partial charge is 0.465 e. The van der Waals surface area contributed by atoms with Crippen molar-refractivity contribution in [1.29, 1.82) is 5.26 Å². The highest BCUT2D eigenvalue weighted by Gasteiger charge is 2.50. The smallest absolute Gasteiger partial charge is 0.341 e. The van der Waals surface area contributed by atoms with Crippen LogP contribution in [0.25, 0.3) is 0 Å². The van der Waals surface area contributed by atoms with Gasteiger partial charge in [0.1, 0.15) is 11.8 Å². The summed E-state index contributed by atoms with van der Waals surface area (Å²) in [5.41, 5.74) is -1.12. The SMILES string of the molecule is COC(=O)c1coc(S(=O)(=O)N(C)[C@@](C)(C#N)C2CC2)c1. The van der Waals surface area contributed by atoms with Crippen LogP contribution >= 0.6 is 0 Å². The van der Waals surface area contributed by atoms with Gasteiger partial charge in [0.25, 0.3) is 10.0 Å². The zero-order valence-electron chi connectivity index (χ0n) is 12.0. The van der Waals surface area contributed by atoms with Crippen LogP contribution in [0.5, 0.6) is 0 Å². The van der Waals surface area contributed by atoms with Gasteiger partial charge in [-0.2, -0.15) is 9.57 Å². The number of hydrogen-bond donors (Lipinski definition) is 0. The van der Waals surface area contributed by atoms with Gasteiger partial charge in [-0.05, 0) is 25.7 Å². The first-order chi connectivity index (χ1) is 9.77. The van der Waals surface area contributed by atoms with E-state index in [0.29, 0.717) is 0 Å².